The molecule has 1 amide bonds. The number of morpholine rings is 1. The molecule has 0 saturated carbocycles. The van der Waals surface area contributed by atoms with Crippen LogP contribution >= 0.6 is 0 Å². The number of hydrogen-bond donors (Lipinski definition) is 1. The Labute approximate surface area is 135 Å². The fourth-order valence-corrected chi connectivity index (χ4v) is 2.57. The van der Waals surface area contributed by atoms with Crippen molar-refractivity contribution in [1.29, 1.82) is 0 Å². The number of ether oxygens (including phenoxy) is 1. The molecule has 0 aliphatic carbocycles. The van der Waals surface area contributed by atoms with Gasteiger partial charge in [0.25, 0.3) is 5.91 Å². The molecular formula is C17H20N4O2. The van der Waals surface area contributed by atoms with Gasteiger partial charge in [-0.1, -0.05) is 24.3 Å². The molecule has 120 valence electrons. The van der Waals surface area contributed by atoms with E-state index in [1.807, 2.05) is 18.2 Å². The van der Waals surface area contributed by atoms with Gasteiger partial charge in [0.15, 0.2) is 0 Å². The predicted molar refractivity (Wildman–Crippen MR) is 85.7 cm³/mol. The lowest BCUT2D eigenvalue weighted by atomic mass is 10.1. The van der Waals surface area contributed by atoms with Gasteiger partial charge in [-0.15, -0.1) is 0 Å². The van der Waals surface area contributed by atoms with Crippen LogP contribution in [0.3, 0.4) is 0 Å². The van der Waals surface area contributed by atoms with E-state index in [0.717, 1.165) is 38.4 Å². The van der Waals surface area contributed by atoms with Crippen molar-refractivity contribution in [1.82, 2.24) is 20.2 Å². The summed E-state index contributed by atoms with van der Waals surface area (Å²) in [5.41, 5.74) is 2.68. The van der Waals surface area contributed by atoms with Gasteiger partial charge in [0.2, 0.25) is 0 Å². The van der Waals surface area contributed by atoms with E-state index in [1.54, 1.807) is 6.20 Å². The molecule has 0 spiro atoms. The summed E-state index contributed by atoms with van der Waals surface area (Å²) in [6, 6.07) is 8.18. The fourth-order valence-electron chi connectivity index (χ4n) is 2.57. The molecule has 0 radical (unpaired) electrons. The third kappa shape index (κ3) is 4.34. The Kier molecular flexibility index (Phi) is 5.29. The van der Waals surface area contributed by atoms with Crippen molar-refractivity contribution in [3.8, 4) is 0 Å². The molecule has 3 rings (SSSR count). The molecule has 1 aliphatic rings. The van der Waals surface area contributed by atoms with Crippen molar-refractivity contribution < 1.29 is 9.53 Å². The summed E-state index contributed by atoms with van der Waals surface area (Å²) >= 11 is 0. The van der Waals surface area contributed by atoms with Gasteiger partial charge < -0.3 is 10.1 Å². The fraction of sp³-hybridized carbons (Fsp3) is 0.353. The minimum absolute atomic E-state index is 0.209. The van der Waals surface area contributed by atoms with Crippen LogP contribution in [-0.4, -0.2) is 47.1 Å². The van der Waals surface area contributed by atoms with E-state index >= 15 is 0 Å². The molecule has 2 heterocycles. The zero-order valence-electron chi connectivity index (χ0n) is 12.9. The minimum Gasteiger partial charge on any atom is -0.379 e. The molecule has 0 bridgehead atoms. The number of rotatable bonds is 5. The standard InChI is InChI=1S/C17H20N4O2/c22-17(16-12-18-5-6-19-16)20-11-14-3-1-2-4-15(14)13-21-7-9-23-10-8-21/h1-6,12H,7-11,13H2,(H,20,22). The average molecular weight is 312 g/mol. The Morgan fingerprint density at radius 3 is 2.70 bits per heavy atom. The van der Waals surface area contributed by atoms with E-state index in [2.05, 4.69) is 26.3 Å². The third-order valence-corrected chi connectivity index (χ3v) is 3.85. The number of amides is 1. The molecule has 1 N–H and O–H groups in total. The molecule has 0 atom stereocenters. The van der Waals surface area contributed by atoms with Crippen LogP contribution in [-0.2, 0) is 17.8 Å². The maximum Gasteiger partial charge on any atom is 0.271 e. The van der Waals surface area contributed by atoms with Gasteiger partial charge in [0.1, 0.15) is 5.69 Å². The molecule has 1 saturated heterocycles. The van der Waals surface area contributed by atoms with Crippen LogP contribution in [0.15, 0.2) is 42.9 Å². The number of carbonyl (C=O) groups excluding carboxylic acids is 1. The first-order chi connectivity index (χ1) is 11.3. The first-order valence-electron chi connectivity index (χ1n) is 7.74. The van der Waals surface area contributed by atoms with Gasteiger partial charge in [-0.3, -0.25) is 14.7 Å². The van der Waals surface area contributed by atoms with Crippen LogP contribution in [0.2, 0.25) is 0 Å². The van der Waals surface area contributed by atoms with Crippen molar-refractivity contribution in [2.24, 2.45) is 0 Å². The Bertz CT molecular complexity index is 642. The van der Waals surface area contributed by atoms with Gasteiger partial charge in [0.05, 0.1) is 19.4 Å². The summed E-state index contributed by atoms with van der Waals surface area (Å²) in [7, 11) is 0. The van der Waals surface area contributed by atoms with E-state index in [9.17, 15) is 4.79 Å². The lowest BCUT2D eigenvalue weighted by Crippen LogP contribution is -2.36. The second-order valence-electron chi connectivity index (χ2n) is 5.43. The Balaban J connectivity index is 1.62. The SMILES string of the molecule is O=C(NCc1ccccc1CN1CCOCC1)c1cnccn1. The van der Waals surface area contributed by atoms with Gasteiger partial charge in [-0.05, 0) is 11.1 Å². The predicted octanol–water partition coefficient (Wildman–Crippen LogP) is 1.24. The normalized spacial score (nSPS) is 15.3. The number of nitrogens with one attached hydrogen (secondary N) is 1. The molecule has 6 heteroatoms. The molecule has 1 aromatic heterocycles. The van der Waals surface area contributed by atoms with Crippen molar-refractivity contribution in [2.75, 3.05) is 26.3 Å². The van der Waals surface area contributed by atoms with Crippen molar-refractivity contribution in [2.45, 2.75) is 13.1 Å². The summed E-state index contributed by atoms with van der Waals surface area (Å²) < 4.78 is 5.38. The maximum atomic E-state index is 12.1. The molecule has 6 nitrogen and oxygen atoms in total. The van der Waals surface area contributed by atoms with Crippen molar-refractivity contribution in [3.05, 3.63) is 59.7 Å². The number of aromatic nitrogens is 2. The number of benzene rings is 1. The molecule has 1 aliphatic heterocycles. The first-order valence-corrected chi connectivity index (χ1v) is 7.74. The van der Waals surface area contributed by atoms with E-state index < -0.39 is 0 Å². The van der Waals surface area contributed by atoms with Crippen LogP contribution in [0.25, 0.3) is 0 Å². The van der Waals surface area contributed by atoms with Crippen LogP contribution in [0.1, 0.15) is 21.6 Å². The monoisotopic (exact) mass is 312 g/mol. The molecule has 1 aromatic carbocycles. The van der Waals surface area contributed by atoms with Gasteiger partial charge in [0, 0.05) is 38.6 Å². The number of nitrogens with zero attached hydrogens (tertiary/aromatic N) is 3. The summed E-state index contributed by atoms with van der Waals surface area (Å²) in [4.78, 5) is 22.4. The van der Waals surface area contributed by atoms with Crippen molar-refractivity contribution >= 4 is 5.91 Å². The second-order valence-corrected chi connectivity index (χ2v) is 5.43. The minimum atomic E-state index is -0.209. The van der Waals surface area contributed by atoms with Crippen LogP contribution in [0, 0.1) is 0 Å². The summed E-state index contributed by atoms with van der Waals surface area (Å²) in [5, 5.41) is 2.91. The molecule has 2 aromatic rings. The summed E-state index contributed by atoms with van der Waals surface area (Å²) in [6.07, 6.45) is 4.53. The van der Waals surface area contributed by atoms with Crippen LogP contribution < -0.4 is 5.32 Å². The highest BCUT2D eigenvalue weighted by molar-refractivity contribution is 5.91. The van der Waals surface area contributed by atoms with Crippen molar-refractivity contribution in [3.63, 3.8) is 0 Å². The highest BCUT2D eigenvalue weighted by Crippen LogP contribution is 2.13. The quantitative estimate of drug-likeness (QED) is 0.900. The molecule has 1 fully saturated rings. The first kappa shape index (κ1) is 15.6. The van der Waals surface area contributed by atoms with Gasteiger partial charge >= 0.3 is 0 Å². The van der Waals surface area contributed by atoms with Gasteiger partial charge in [-0.2, -0.15) is 0 Å². The highest BCUT2D eigenvalue weighted by Gasteiger charge is 2.13. The van der Waals surface area contributed by atoms with Crippen LogP contribution in [0.5, 0.6) is 0 Å². The Hall–Kier alpha value is -2.31. The largest absolute Gasteiger partial charge is 0.379 e. The topological polar surface area (TPSA) is 67.4 Å². The summed E-state index contributed by atoms with van der Waals surface area (Å²) in [6.45, 7) is 4.81. The Morgan fingerprint density at radius 2 is 1.96 bits per heavy atom. The van der Waals surface area contributed by atoms with Crippen LogP contribution in [0.4, 0.5) is 0 Å². The number of carbonyl (C=O) groups is 1. The maximum absolute atomic E-state index is 12.1. The summed E-state index contributed by atoms with van der Waals surface area (Å²) in [5.74, 6) is -0.209. The highest BCUT2D eigenvalue weighted by atomic mass is 16.5. The lowest BCUT2D eigenvalue weighted by Gasteiger charge is -2.27. The second kappa shape index (κ2) is 7.80. The molecule has 23 heavy (non-hydrogen) atoms. The number of hydrogen-bond acceptors (Lipinski definition) is 5. The zero-order chi connectivity index (χ0) is 15.9. The lowest BCUT2D eigenvalue weighted by molar-refractivity contribution is 0.0340. The average Bonchev–Trinajstić information content (AvgIpc) is 2.62. The van der Waals surface area contributed by atoms with E-state index in [0.29, 0.717) is 12.2 Å². The zero-order valence-corrected chi connectivity index (χ0v) is 12.9. The van der Waals surface area contributed by atoms with E-state index in [1.165, 1.54) is 18.0 Å². The third-order valence-electron chi connectivity index (χ3n) is 3.85. The van der Waals surface area contributed by atoms with Gasteiger partial charge in [-0.25, -0.2) is 4.98 Å². The molecule has 0 unspecified atom stereocenters. The Morgan fingerprint density at radius 1 is 1.17 bits per heavy atom. The van der Waals surface area contributed by atoms with E-state index in [-0.39, 0.29) is 5.91 Å². The van der Waals surface area contributed by atoms with E-state index in [4.69, 9.17) is 4.74 Å². The molecular weight excluding hydrogens is 292 g/mol. The smallest absolute Gasteiger partial charge is 0.271 e.